The second-order valence-corrected chi connectivity index (χ2v) is 11.7. The van der Waals surface area contributed by atoms with Gasteiger partial charge in [0.25, 0.3) is 0 Å². The van der Waals surface area contributed by atoms with Crippen LogP contribution in [-0.2, 0) is 14.3 Å². The molecule has 0 radical (unpaired) electrons. The molecular weight excluding hydrogens is 446 g/mol. The molecule has 1 N–H and O–H groups in total. The number of morpholine rings is 1. The minimum absolute atomic E-state index is 0.0458. The van der Waals surface area contributed by atoms with Gasteiger partial charge in [0, 0.05) is 57.8 Å². The fourth-order valence-electron chi connectivity index (χ4n) is 6.72. The molecule has 5 atom stereocenters. The first-order valence-corrected chi connectivity index (χ1v) is 14.0. The second kappa shape index (κ2) is 10.9. The largest absolute Gasteiger partial charge is 0.447 e. The van der Waals surface area contributed by atoms with E-state index in [-0.39, 0.29) is 36.2 Å². The second-order valence-electron chi connectivity index (χ2n) is 11.7. The smallest absolute Gasteiger partial charge is 0.410 e. The molecule has 2 amide bonds. The predicted molar refractivity (Wildman–Crippen MR) is 133 cm³/mol. The maximum Gasteiger partial charge on any atom is 0.410 e. The van der Waals surface area contributed by atoms with Crippen LogP contribution in [0.1, 0.15) is 52.9 Å². The average Bonchev–Trinajstić information content (AvgIpc) is 3.59. The van der Waals surface area contributed by atoms with E-state index in [2.05, 4.69) is 27.2 Å². The molecular formula is C26H45N5O4. The van der Waals surface area contributed by atoms with Gasteiger partial charge in [0.1, 0.15) is 0 Å². The van der Waals surface area contributed by atoms with Gasteiger partial charge in [-0.05, 0) is 64.7 Å². The van der Waals surface area contributed by atoms with Crippen LogP contribution >= 0.6 is 0 Å². The van der Waals surface area contributed by atoms with Crippen LogP contribution in [-0.4, -0.2) is 115 Å². The summed E-state index contributed by atoms with van der Waals surface area (Å²) >= 11 is 0. The van der Waals surface area contributed by atoms with Crippen molar-refractivity contribution >= 4 is 12.0 Å². The Kier molecular flexibility index (Phi) is 7.87. The van der Waals surface area contributed by atoms with Crippen molar-refractivity contribution in [2.75, 3.05) is 59.0 Å². The molecule has 35 heavy (non-hydrogen) atoms. The van der Waals surface area contributed by atoms with Crippen molar-refractivity contribution in [1.29, 1.82) is 0 Å². The summed E-state index contributed by atoms with van der Waals surface area (Å²) < 4.78 is 11.1. The number of fused-ring (bicyclic) bond motifs is 1. The van der Waals surface area contributed by atoms with E-state index in [1.165, 1.54) is 0 Å². The summed E-state index contributed by atoms with van der Waals surface area (Å²) in [6.07, 6.45) is 4.76. The Hall–Kier alpha value is -1.42. The number of hydrazine groups is 1. The van der Waals surface area contributed by atoms with E-state index in [0.717, 1.165) is 84.6 Å². The molecule has 0 aromatic heterocycles. The molecule has 4 unspecified atom stereocenters. The maximum absolute atomic E-state index is 13.2. The van der Waals surface area contributed by atoms with Gasteiger partial charge in [0.05, 0.1) is 31.4 Å². The van der Waals surface area contributed by atoms with Crippen molar-refractivity contribution < 1.29 is 19.1 Å². The van der Waals surface area contributed by atoms with E-state index in [0.29, 0.717) is 24.3 Å². The molecule has 3 aliphatic heterocycles. The number of nitrogens with one attached hydrogen (secondary N) is 1. The van der Waals surface area contributed by atoms with Crippen molar-refractivity contribution in [2.24, 2.45) is 17.8 Å². The summed E-state index contributed by atoms with van der Waals surface area (Å²) in [6, 6.07) is 0.223. The summed E-state index contributed by atoms with van der Waals surface area (Å²) in [4.78, 5) is 33.0. The number of hydrogen-bond acceptors (Lipinski definition) is 7. The lowest BCUT2D eigenvalue weighted by Crippen LogP contribution is -2.67. The zero-order valence-electron chi connectivity index (χ0n) is 21.9. The van der Waals surface area contributed by atoms with Gasteiger partial charge in [-0.2, -0.15) is 0 Å². The summed E-state index contributed by atoms with van der Waals surface area (Å²) in [5.74, 6) is 1.66. The van der Waals surface area contributed by atoms with Gasteiger partial charge in [-0.3, -0.25) is 15.1 Å². The van der Waals surface area contributed by atoms with E-state index < -0.39 is 0 Å². The highest BCUT2D eigenvalue weighted by atomic mass is 16.6. The van der Waals surface area contributed by atoms with Crippen LogP contribution in [0.5, 0.6) is 0 Å². The highest BCUT2D eigenvalue weighted by Gasteiger charge is 2.50. The normalized spacial score (nSPS) is 34.8. The SMILES string of the molecule is CC(C)OC(=O)N1C[C@H](C)N(C(=O)C2CC2)C2CCC(C3CNN(CCN4CCOCC4)C3)CC21. The zero-order chi connectivity index (χ0) is 24.5. The highest BCUT2D eigenvalue weighted by molar-refractivity contribution is 5.82. The first kappa shape index (κ1) is 25.2. The molecule has 0 aromatic carbocycles. The minimum atomic E-state index is -0.210. The summed E-state index contributed by atoms with van der Waals surface area (Å²) in [6.45, 7) is 14.4. The lowest BCUT2D eigenvalue weighted by Gasteiger charge is -2.54. The molecule has 5 fully saturated rings. The van der Waals surface area contributed by atoms with E-state index in [1.807, 2.05) is 18.7 Å². The van der Waals surface area contributed by atoms with Crippen molar-refractivity contribution in [3.63, 3.8) is 0 Å². The lowest BCUT2D eigenvalue weighted by molar-refractivity contribution is -0.146. The van der Waals surface area contributed by atoms with Crippen LogP contribution < -0.4 is 5.43 Å². The molecule has 0 spiro atoms. The molecule has 2 saturated carbocycles. The van der Waals surface area contributed by atoms with Gasteiger partial charge in [0.15, 0.2) is 0 Å². The van der Waals surface area contributed by atoms with Crippen LogP contribution in [0.15, 0.2) is 0 Å². The topological polar surface area (TPSA) is 77.6 Å². The third-order valence-electron chi connectivity index (χ3n) is 8.76. The first-order chi connectivity index (χ1) is 16.9. The molecule has 5 aliphatic rings. The van der Waals surface area contributed by atoms with E-state index in [1.54, 1.807) is 0 Å². The minimum Gasteiger partial charge on any atom is -0.447 e. The number of piperazine rings is 1. The van der Waals surface area contributed by atoms with Gasteiger partial charge in [-0.1, -0.05) is 0 Å². The van der Waals surface area contributed by atoms with Crippen LogP contribution in [0.2, 0.25) is 0 Å². The van der Waals surface area contributed by atoms with Crippen LogP contribution in [0.25, 0.3) is 0 Å². The molecule has 2 aliphatic carbocycles. The summed E-state index contributed by atoms with van der Waals surface area (Å²) in [7, 11) is 0. The number of hydrogen-bond donors (Lipinski definition) is 1. The van der Waals surface area contributed by atoms with E-state index in [4.69, 9.17) is 9.47 Å². The molecule has 198 valence electrons. The Morgan fingerprint density at radius 3 is 2.49 bits per heavy atom. The molecule has 9 heteroatoms. The Morgan fingerprint density at radius 2 is 1.77 bits per heavy atom. The maximum atomic E-state index is 13.2. The Labute approximate surface area is 210 Å². The molecule has 5 rings (SSSR count). The lowest BCUT2D eigenvalue weighted by atomic mass is 9.73. The summed E-state index contributed by atoms with van der Waals surface area (Å²) in [5.41, 5.74) is 3.64. The van der Waals surface area contributed by atoms with Gasteiger partial charge in [-0.25, -0.2) is 9.80 Å². The number of nitrogens with zero attached hydrogens (tertiary/aromatic N) is 4. The van der Waals surface area contributed by atoms with Crippen molar-refractivity contribution in [3.05, 3.63) is 0 Å². The molecule has 3 saturated heterocycles. The van der Waals surface area contributed by atoms with Crippen LogP contribution in [0.3, 0.4) is 0 Å². The van der Waals surface area contributed by atoms with Crippen LogP contribution in [0.4, 0.5) is 4.79 Å². The highest BCUT2D eigenvalue weighted by Crippen LogP contribution is 2.42. The number of rotatable bonds is 6. The molecule has 3 heterocycles. The average molecular weight is 492 g/mol. The zero-order valence-corrected chi connectivity index (χ0v) is 21.9. The van der Waals surface area contributed by atoms with Gasteiger partial charge in [-0.15, -0.1) is 0 Å². The van der Waals surface area contributed by atoms with Gasteiger partial charge < -0.3 is 19.3 Å². The van der Waals surface area contributed by atoms with E-state index >= 15 is 0 Å². The molecule has 0 aromatic rings. The van der Waals surface area contributed by atoms with Gasteiger partial charge in [0.2, 0.25) is 5.91 Å². The Morgan fingerprint density at radius 1 is 1.00 bits per heavy atom. The number of amides is 2. The van der Waals surface area contributed by atoms with E-state index in [9.17, 15) is 9.59 Å². The number of carbonyl (C=O) groups excluding carboxylic acids is 2. The number of ether oxygens (including phenoxy) is 2. The number of carbonyl (C=O) groups is 2. The fraction of sp³-hybridized carbons (Fsp3) is 0.923. The summed E-state index contributed by atoms with van der Waals surface area (Å²) in [5, 5.41) is 2.39. The molecule has 9 nitrogen and oxygen atoms in total. The van der Waals surface area contributed by atoms with Crippen molar-refractivity contribution in [2.45, 2.75) is 77.1 Å². The molecule has 0 bridgehead atoms. The Balaban J connectivity index is 1.22. The van der Waals surface area contributed by atoms with Crippen molar-refractivity contribution in [1.82, 2.24) is 25.1 Å². The third-order valence-corrected chi connectivity index (χ3v) is 8.76. The van der Waals surface area contributed by atoms with Crippen molar-refractivity contribution in [3.8, 4) is 0 Å². The quantitative estimate of drug-likeness (QED) is 0.607. The first-order valence-electron chi connectivity index (χ1n) is 14.0. The van der Waals surface area contributed by atoms with Crippen LogP contribution in [0, 0.1) is 17.8 Å². The van der Waals surface area contributed by atoms with Gasteiger partial charge >= 0.3 is 6.09 Å². The Bertz CT molecular complexity index is 756. The third kappa shape index (κ3) is 5.78. The monoisotopic (exact) mass is 491 g/mol. The fourth-order valence-corrected chi connectivity index (χ4v) is 6.72. The predicted octanol–water partition coefficient (Wildman–Crippen LogP) is 1.78. The standard InChI is InChI=1S/C26H45N5O4/c1-18(2)35-26(33)30-16-19(3)31(25(32)20-4-5-20)23-7-6-21(14-24(23)30)22-15-27-29(17-22)9-8-28-10-12-34-13-11-28/h18-24,27H,4-17H2,1-3H3/t19-,21?,22?,23?,24?/m0/s1.